The van der Waals surface area contributed by atoms with Crippen LogP contribution in [0.4, 0.5) is 0 Å². The van der Waals surface area contributed by atoms with Gasteiger partial charge in [0.1, 0.15) is 6.54 Å². The average Bonchev–Trinajstić information content (AvgIpc) is 2.31. The second-order valence-corrected chi connectivity index (χ2v) is 4.97. The molecule has 0 aromatic heterocycles. The van der Waals surface area contributed by atoms with Gasteiger partial charge in [-0.05, 0) is 24.1 Å². The van der Waals surface area contributed by atoms with Crippen LogP contribution in [0.2, 0.25) is 10.0 Å². The number of carboxylic acid groups (broad SMARTS) is 1. The van der Waals surface area contributed by atoms with Gasteiger partial charge in [0, 0.05) is 16.6 Å². The van der Waals surface area contributed by atoms with Crippen LogP contribution < -0.4 is 0 Å². The number of carbonyl (C=O) groups is 2. The molecule has 1 aromatic carbocycles. The predicted octanol–water partition coefficient (Wildman–Crippen LogP) is 2.86. The number of rotatable bonds is 6. The second-order valence-electron chi connectivity index (χ2n) is 4.12. The van der Waals surface area contributed by atoms with Gasteiger partial charge in [0.05, 0.1) is 6.42 Å². The molecule has 0 fully saturated rings. The Morgan fingerprint density at radius 1 is 1.32 bits per heavy atom. The highest BCUT2D eigenvalue weighted by Gasteiger charge is 2.17. The molecule has 0 aliphatic carbocycles. The van der Waals surface area contributed by atoms with Crippen molar-refractivity contribution in [2.75, 3.05) is 13.1 Å². The van der Waals surface area contributed by atoms with Crippen LogP contribution in [0.25, 0.3) is 0 Å². The first-order valence-corrected chi connectivity index (χ1v) is 6.63. The van der Waals surface area contributed by atoms with E-state index in [0.717, 1.165) is 0 Å². The quantitative estimate of drug-likeness (QED) is 0.879. The number of nitrogens with zero attached hydrogens (tertiary/aromatic N) is 1. The monoisotopic (exact) mass is 303 g/mol. The number of aliphatic carboxylic acids is 1. The van der Waals surface area contributed by atoms with Gasteiger partial charge in [0.15, 0.2) is 0 Å². The predicted molar refractivity (Wildman–Crippen MR) is 74.7 cm³/mol. The summed E-state index contributed by atoms with van der Waals surface area (Å²) < 4.78 is 0. The van der Waals surface area contributed by atoms with Crippen LogP contribution in [-0.2, 0) is 16.0 Å². The van der Waals surface area contributed by atoms with E-state index in [9.17, 15) is 9.59 Å². The van der Waals surface area contributed by atoms with Crippen molar-refractivity contribution in [3.8, 4) is 0 Å². The highest BCUT2D eigenvalue weighted by molar-refractivity contribution is 6.35. The highest BCUT2D eigenvalue weighted by atomic mass is 35.5. The van der Waals surface area contributed by atoms with Crippen molar-refractivity contribution in [3.63, 3.8) is 0 Å². The minimum atomic E-state index is -1.02. The van der Waals surface area contributed by atoms with E-state index in [4.69, 9.17) is 28.3 Å². The summed E-state index contributed by atoms with van der Waals surface area (Å²) in [5.41, 5.74) is 0.641. The first kappa shape index (κ1) is 15.8. The van der Waals surface area contributed by atoms with Gasteiger partial charge in [0.25, 0.3) is 0 Å². The molecule has 0 saturated carbocycles. The normalized spacial score (nSPS) is 10.3. The SMILES string of the molecule is CCCN(CC(=O)O)C(=O)Cc1ccc(Cl)cc1Cl. The molecule has 19 heavy (non-hydrogen) atoms. The van der Waals surface area contributed by atoms with Crippen LogP contribution in [0.1, 0.15) is 18.9 Å². The Kier molecular flexibility index (Phi) is 6.12. The molecule has 0 unspecified atom stereocenters. The van der Waals surface area contributed by atoms with Gasteiger partial charge in [-0.25, -0.2) is 0 Å². The molecule has 104 valence electrons. The molecule has 0 aliphatic heterocycles. The molecular weight excluding hydrogens is 289 g/mol. The van der Waals surface area contributed by atoms with Gasteiger partial charge < -0.3 is 10.0 Å². The summed E-state index contributed by atoms with van der Waals surface area (Å²) in [6.45, 7) is 2.01. The Hall–Kier alpha value is -1.26. The maximum Gasteiger partial charge on any atom is 0.323 e. The van der Waals surface area contributed by atoms with Gasteiger partial charge in [0.2, 0.25) is 5.91 Å². The van der Waals surface area contributed by atoms with E-state index >= 15 is 0 Å². The van der Waals surface area contributed by atoms with Crippen LogP contribution in [0, 0.1) is 0 Å². The van der Waals surface area contributed by atoms with Crippen LogP contribution in [0.15, 0.2) is 18.2 Å². The first-order chi connectivity index (χ1) is 8.93. The minimum Gasteiger partial charge on any atom is -0.480 e. The summed E-state index contributed by atoms with van der Waals surface area (Å²) in [6, 6.07) is 4.89. The van der Waals surface area contributed by atoms with Crippen molar-refractivity contribution in [1.29, 1.82) is 0 Å². The number of carboxylic acids is 1. The van der Waals surface area contributed by atoms with Crippen molar-refractivity contribution in [2.45, 2.75) is 19.8 Å². The fourth-order valence-electron chi connectivity index (χ4n) is 1.66. The number of benzene rings is 1. The summed E-state index contributed by atoms with van der Waals surface area (Å²) >= 11 is 11.8. The topological polar surface area (TPSA) is 57.6 Å². The molecule has 0 saturated heterocycles. The van der Waals surface area contributed by atoms with E-state index in [1.807, 2.05) is 6.92 Å². The highest BCUT2D eigenvalue weighted by Crippen LogP contribution is 2.21. The average molecular weight is 304 g/mol. The Morgan fingerprint density at radius 2 is 2.00 bits per heavy atom. The number of carbonyl (C=O) groups excluding carboxylic acids is 1. The third-order valence-corrected chi connectivity index (χ3v) is 3.12. The molecule has 1 aromatic rings. The lowest BCUT2D eigenvalue weighted by Crippen LogP contribution is -2.37. The van der Waals surface area contributed by atoms with E-state index < -0.39 is 5.97 Å². The van der Waals surface area contributed by atoms with Gasteiger partial charge in [-0.15, -0.1) is 0 Å². The van der Waals surface area contributed by atoms with E-state index in [0.29, 0.717) is 28.6 Å². The molecule has 0 radical (unpaired) electrons. The zero-order valence-corrected chi connectivity index (χ0v) is 12.0. The van der Waals surface area contributed by atoms with Crippen molar-refractivity contribution in [1.82, 2.24) is 4.90 Å². The molecule has 4 nitrogen and oxygen atoms in total. The Bertz CT molecular complexity index is 477. The lowest BCUT2D eigenvalue weighted by atomic mass is 10.1. The molecule has 0 spiro atoms. The lowest BCUT2D eigenvalue weighted by Gasteiger charge is -2.20. The zero-order valence-electron chi connectivity index (χ0n) is 10.5. The molecule has 1 rings (SSSR count). The largest absolute Gasteiger partial charge is 0.480 e. The van der Waals surface area contributed by atoms with Crippen molar-refractivity contribution >= 4 is 35.1 Å². The van der Waals surface area contributed by atoms with Crippen molar-refractivity contribution in [3.05, 3.63) is 33.8 Å². The molecule has 0 aliphatic rings. The molecular formula is C13H15Cl2NO3. The van der Waals surface area contributed by atoms with E-state index in [1.165, 1.54) is 4.90 Å². The summed E-state index contributed by atoms with van der Waals surface area (Å²) in [6.07, 6.45) is 0.774. The van der Waals surface area contributed by atoms with Gasteiger partial charge in [-0.1, -0.05) is 36.2 Å². The summed E-state index contributed by atoms with van der Waals surface area (Å²) in [7, 11) is 0. The number of halogens is 2. The minimum absolute atomic E-state index is 0.0727. The Labute approximate surface area is 121 Å². The Balaban J connectivity index is 2.77. The zero-order chi connectivity index (χ0) is 14.4. The molecule has 0 atom stereocenters. The number of hydrogen-bond donors (Lipinski definition) is 1. The fourth-order valence-corrected chi connectivity index (χ4v) is 2.14. The van der Waals surface area contributed by atoms with E-state index in [1.54, 1.807) is 18.2 Å². The third kappa shape index (κ3) is 5.09. The third-order valence-electron chi connectivity index (χ3n) is 2.53. The van der Waals surface area contributed by atoms with Gasteiger partial charge >= 0.3 is 5.97 Å². The Morgan fingerprint density at radius 3 is 2.53 bits per heavy atom. The number of amides is 1. The summed E-state index contributed by atoms with van der Waals surface area (Å²) in [5.74, 6) is -1.28. The summed E-state index contributed by atoms with van der Waals surface area (Å²) in [4.78, 5) is 24.1. The number of hydrogen-bond acceptors (Lipinski definition) is 2. The maximum absolute atomic E-state index is 12.0. The molecule has 0 bridgehead atoms. The molecule has 6 heteroatoms. The smallest absolute Gasteiger partial charge is 0.323 e. The molecule has 1 N–H and O–H groups in total. The fraction of sp³-hybridized carbons (Fsp3) is 0.385. The van der Waals surface area contributed by atoms with E-state index in [-0.39, 0.29) is 18.9 Å². The first-order valence-electron chi connectivity index (χ1n) is 5.87. The van der Waals surface area contributed by atoms with Crippen molar-refractivity contribution < 1.29 is 14.7 Å². The lowest BCUT2D eigenvalue weighted by molar-refractivity contribution is -0.144. The molecule has 1 amide bonds. The van der Waals surface area contributed by atoms with Crippen LogP contribution in [0.5, 0.6) is 0 Å². The second kappa shape index (κ2) is 7.36. The summed E-state index contributed by atoms with van der Waals surface area (Å²) in [5, 5.41) is 9.69. The van der Waals surface area contributed by atoms with Crippen molar-refractivity contribution in [2.24, 2.45) is 0 Å². The van der Waals surface area contributed by atoms with E-state index in [2.05, 4.69) is 0 Å². The van der Waals surface area contributed by atoms with Crippen LogP contribution in [0.3, 0.4) is 0 Å². The van der Waals surface area contributed by atoms with Gasteiger partial charge in [-0.3, -0.25) is 9.59 Å². The van der Waals surface area contributed by atoms with Crippen LogP contribution >= 0.6 is 23.2 Å². The maximum atomic E-state index is 12.0. The van der Waals surface area contributed by atoms with Crippen LogP contribution in [-0.4, -0.2) is 35.0 Å². The standard InChI is InChI=1S/C13H15Cl2NO3/c1-2-5-16(8-13(18)19)12(17)6-9-3-4-10(14)7-11(9)15/h3-4,7H,2,5-6,8H2,1H3,(H,18,19). The molecule has 0 heterocycles. The van der Waals surface area contributed by atoms with Gasteiger partial charge in [-0.2, -0.15) is 0 Å².